The predicted molar refractivity (Wildman–Crippen MR) is 104 cm³/mol. The molecule has 0 aliphatic carbocycles. The maximum Gasteiger partial charge on any atom is 0.0239 e. The summed E-state index contributed by atoms with van der Waals surface area (Å²) in [5.41, 5.74) is 3.85. The van der Waals surface area contributed by atoms with Gasteiger partial charge in [0.1, 0.15) is 0 Å². The highest BCUT2D eigenvalue weighted by Crippen LogP contribution is 2.22. The van der Waals surface area contributed by atoms with Crippen molar-refractivity contribution >= 4 is 43.5 Å². The van der Waals surface area contributed by atoms with Crippen LogP contribution in [-0.4, -0.2) is 24.5 Å². The van der Waals surface area contributed by atoms with Crippen molar-refractivity contribution in [3.05, 3.63) is 68.6 Å². The molecule has 0 atom stereocenters. The van der Waals surface area contributed by atoms with E-state index >= 15 is 0 Å². The Bertz CT molecular complexity index is 611. The lowest BCUT2D eigenvalue weighted by Gasteiger charge is -2.20. The molecule has 0 aliphatic rings. The van der Waals surface area contributed by atoms with Crippen LogP contribution in [0.1, 0.15) is 25.0 Å². The van der Waals surface area contributed by atoms with Crippen molar-refractivity contribution in [3.8, 4) is 0 Å². The third-order valence-electron chi connectivity index (χ3n) is 3.71. The molecule has 2 aromatic carbocycles. The number of benzene rings is 2. The van der Waals surface area contributed by atoms with Gasteiger partial charge in [-0.3, -0.25) is 4.90 Å². The molecule has 2 aromatic rings. The fourth-order valence-corrected chi connectivity index (χ4v) is 2.86. The molecular weight excluding hydrogens is 402 g/mol. The van der Waals surface area contributed by atoms with Gasteiger partial charge >= 0.3 is 0 Å². The van der Waals surface area contributed by atoms with E-state index < -0.39 is 0 Å². The second-order valence-electron chi connectivity index (χ2n) is 5.19. The summed E-state index contributed by atoms with van der Waals surface area (Å²) in [7, 11) is 0. The van der Waals surface area contributed by atoms with Crippen LogP contribution in [0, 0.1) is 0 Å². The van der Waals surface area contributed by atoms with E-state index in [2.05, 4.69) is 105 Å². The summed E-state index contributed by atoms with van der Waals surface area (Å²) in [6.07, 6.45) is 2.29. The van der Waals surface area contributed by atoms with E-state index in [4.69, 9.17) is 0 Å². The van der Waals surface area contributed by atoms with E-state index in [9.17, 15) is 0 Å². The van der Waals surface area contributed by atoms with Gasteiger partial charge in [0, 0.05) is 15.5 Å². The molecule has 0 saturated carbocycles. The topological polar surface area (TPSA) is 3.24 Å². The van der Waals surface area contributed by atoms with Crippen LogP contribution in [0.4, 0.5) is 0 Å². The van der Waals surface area contributed by atoms with Crippen molar-refractivity contribution in [2.24, 2.45) is 0 Å². The SMILES string of the molecule is CCN(CC)C/C(=C/c1ccc(Br)cc1)c1ccc(Br)cc1. The van der Waals surface area contributed by atoms with Gasteiger partial charge in [0.2, 0.25) is 0 Å². The Hall–Kier alpha value is -0.900. The van der Waals surface area contributed by atoms with Gasteiger partial charge in [0.05, 0.1) is 0 Å². The Morgan fingerprint density at radius 1 is 0.864 bits per heavy atom. The highest BCUT2D eigenvalue weighted by Gasteiger charge is 2.07. The Morgan fingerprint density at radius 3 is 1.86 bits per heavy atom. The lowest BCUT2D eigenvalue weighted by Crippen LogP contribution is -2.24. The third kappa shape index (κ3) is 5.08. The van der Waals surface area contributed by atoms with Crippen LogP contribution in [-0.2, 0) is 0 Å². The summed E-state index contributed by atoms with van der Waals surface area (Å²) in [6.45, 7) is 7.50. The van der Waals surface area contributed by atoms with Crippen LogP contribution in [0.15, 0.2) is 57.5 Å². The summed E-state index contributed by atoms with van der Waals surface area (Å²) in [5.74, 6) is 0. The average Bonchev–Trinajstić information content (AvgIpc) is 2.54. The smallest absolute Gasteiger partial charge is 0.0239 e. The van der Waals surface area contributed by atoms with Crippen LogP contribution in [0.2, 0.25) is 0 Å². The molecule has 22 heavy (non-hydrogen) atoms. The van der Waals surface area contributed by atoms with Gasteiger partial charge in [-0.1, -0.05) is 70.0 Å². The van der Waals surface area contributed by atoms with Gasteiger partial charge in [-0.25, -0.2) is 0 Å². The Morgan fingerprint density at radius 2 is 1.36 bits per heavy atom. The number of hydrogen-bond acceptors (Lipinski definition) is 1. The highest BCUT2D eigenvalue weighted by molar-refractivity contribution is 9.10. The second kappa shape index (κ2) is 8.66. The predicted octanol–water partition coefficient (Wildman–Crippen LogP) is 6.09. The van der Waals surface area contributed by atoms with Gasteiger partial charge in [-0.05, 0) is 60.1 Å². The zero-order valence-corrected chi connectivity index (χ0v) is 16.2. The summed E-state index contributed by atoms with van der Waals surface area (Å²) in [4.78, 5) is 2.44. The minimum Gasteiger partial charge on any atom is -0.300 e. The first-order chi connectivity index (χ1) is 10.6. The molecule has 0 saturated heterocycles. The number of rotatable bonds is 6. The number of hydrogen-bond donors (Lipinski definition) is 0. The molecule has 3 heteroatoms. The van der Waals surface area contributed by atoms with Crippen LogP contribution in [0.5, 0.6) is 0 Å². The van der Waals surface area contributed by atoms with E-state index in [1.165, 1.54) is 16.7 Å². The van der Waals surface area contributed by atoms with Crippen molar-refractivity contribution in [2.45, 2.75) is 13.8 Å². The van der Waals surface area contributed by atoms with Crippen molar-refractivity contribution < 1.29 is 0 Å². The molecule has 0 spiro atoms. The Kier molecular flexibility index (Phi) is 6.87. The van der Waals surface area contributed by atoms with Crippen LogP contribution >= 0.6 is 31.9 Å². The minimum atomic E-state index is 0.963. The monoisotopic (exact) mass is 421 g/mol. The molecular formula is C19H21Br2N. The van der Waals surface area contributed by atoms with Gasteiger partial charge in [-0.15, -0.1) is 0 Å². The zero-order chi connectivity index (χ0) is 15.9. The summed E-state index contributed by atoms with van der Waals surface area (Å²) in [6, 6.07) is 17.0. The van der Waals surface area contributed by atoms with Crippen molar-refractivity contribution in [2.75, 3.05) is 19.6 Å². The fourth-order valence-electron chi connectivity index (χ4n) is 2.33. The van der Waals surface area contributed by atoms with Crippen molar-refractivity contribution in [3.63, 3.8) is 0 Å². The Balaban J connectivity index is 2.35. The minimum absolute atomic E-state index is 0.963. The number of halogens is 2. The molecule has 0 unspecified atom stereocenters. The third-order valence-corrected chi connectivity index (χ3v) is 4.77. The number of nitrogens with zero attached hydrogens (tertiary/aromatic N) is 1. The highest BCUT2D eigenvalue weighted by atomic mass is 79.9. The quantitative estimate of drug-likeness (QED) is 0.508. The van der Waals surface area contributed by atoms with E-state index in [0.717, 1.165) is 28.6 Å². The standard InChI is InChI=1S/C19H21Br2N/c1-3-22(4-2)14-17(16-7-11-19(21)12-8-16)13-15-5-9-18(20)10-6-15/h5-13H,3-4,14H2,1-2H3/b17-13-. The van der Waals surface area contributed by atoms with Crippen LogP contribution in [0.3, 0.4) is 0 Å². The molecule has 0 aromatic heterocycles. The first-order valence-electron chi connectivity index (χ1n) is 7.56. The lowest BCUT2D eigenvalue weighted by atomic mass is 10.0. The molecule has 0 radical (unpaired) electrons. The van der Waals surface area contributed by atoms with Gasteiger partial charge in [-0.2, -0.15) is 0 Å². The van der Waals surface area contributed by atoms with E-state index in [1.54, 1.807) is 0 Å². The molecule has 0 fully saturated rings. The molecule has 1 nitrogen and oxygen atoms in total. The normalized spacial score (nSPS) is 12.0. The molecule has 0 aliphatic heterocycles. The molecule has 116 valence electrons. The molecule has 2 rings (SSSR count). The summed E-state index contributed by atoms with van der Waals surface area (Å²) in [5, 5.41) is 0. The fraction of sp³-hybridized carbons (Fsp3) is 0.263. The second-order valence-corrected chi connectivity index (χ2v) is 7.02. The summed E-state index contributed by atoms with van der Waals surface area (Å²) < 4.78 is 2.22. The Labute approximate surface area is 150 Å². The van der Waals surface area contributed by atoms with Gasteiger partial charge in [0.25, 0.3) is 0 Å². The first-order valence-corrected chi connectivity index (χ1v) is 9.15. The largest absolute Gasteiger partial charge is 0.300 e. The molecule has 0 bridgehead atoms. The molecule has 0 heterocycles. The zero-order valence-electron chi connectivity index (χ0n) is 13.0. The first kappa shape index (κ1) is 17.5. The van der Waals surface area contributed by atoms with Gasteiger partial charge in [0.15, 0.2) is 0 Å². The maximum absolute atomic E-state index is 3.51. The van der Waals surface area contributed by atoms with Crippen molar-refractivity contribution in [1.29, 1.82) is 0 Å². The van der Waals surface area contributed by atoms with Gasteiger partial charge < -0.3 is 0 Å². The average molecular weight is 423 g/mol. The van der Waals surface area contributed by atoms with Crippen molar-refractivity contribution in [1.82, 2.24) is 4.90 Å². The number of likely N-dealkylation sites (N-methyl/N-ethyl adjacent to an activating group) is 1. The summed E-state index contributed by atoms with van der Waals surface area (Å²) >= 11 is 7.01. The van der Waals surface area contributed by atoms with Crippen LogP contribution in [0.25, 0.3) is 11.6 Å². The lowest BCUT2D eigenvalue weighted by molar-refractivity contribution is 0.342. The van der Waals surface area contributed by atoms with Crippen LogP contribution < -0.4 is 0 Å². The van der Waals surface area contributed by atoms with E-state index in [-0.39, 0.29) is 0 Å². The van der Waals surface area contributed by atoms with E-state index in [0.29, 0.717) is 0 Å². The maximum atomic E-state index is 3.51. The van der Waals surface area contributed by atoms with E-state index in [1.807, 2.05) is 0 Å². The molecule has 0 N–H and O–H groups in total. The molecule has 0 amide bonds.